The molecule has 30 heavy (non-hydrogen) atoms. The van der Waals surface area contributed by atoms with Crippen molar-refractivity contribution in [3.05, 3.63) is 56.5 Å². The lowest BCUT2D eigenvalue weighted by atomic mass is 10.0. The van der Waals surface area contributed by atoms with Gasteiger partial charge in [-0.3, -0.25) is 5.43 Å². The summed E-state index contributed by atoms with van der Waals surface area (Å²) in [6, 6.07) is 7.79. The molecule has 16 heteroatoms. The molecule has 0 spiro atoms. The van der Waals surface area contributed by atoms with Crippen LogP contribution in [-0.4, -0.2) is 10.8 Å². The summed E-state index contributed by atoms with van der Waals surface area (Å²) < 4.78 is 31.3. The highest BCUT2D eigenvalue weighted by atomic mass is 79.9. The average molecular weight is 601 g/mol. The predicted molar refractivity (Wildman–Crippen MR) is 110 cm³/mol. The number of hydrazone groups is 1. The second-order valence-electron chi connectivity index (χ2n) is 5.36. The lowest BCUT2D eigenvalue weighted by Crippen LogP contribution is -2.26. The topological polar surface area (TPSA) is 195 Å². The first kappa shape index (κ1) is 24.9. The molecular formula is C14H9Br2N3O8P2S-4. The van der Waals surface area contributed by atoms with Crippen LogP contribution in [0.15, 0.2) is 50.4 Å². The van der Waals surface area contributed by atoms with Crippen LogP contribution in [0.25, 0.3) is 0 Å². The van der Waals surface area contributed by atoms with Gasteiger partial charge in [-0.15, -0.1) is 0 Å². The zero-order valence-corrected chi connectivity index (χ0v) is 20.1. The maximum Gasteiger partial charge on any atom is 0.184 e. The van der Waals surface area contributed by atoms with Crippen LogP contribution >= 0.6 is 59.7 Å². The number of nitrogens with one attached hydrogen (secondary N) is 1. The van der Waals surface area contributed by atoms with Gasteiger partial charge >= 0.3 is 0 Å². The van der Waals surface area contributed by atoms with E-state index < -0.39 is 15.6 Å². The number of hydrogen-bond acceptors (Lipinski definition) is 10. The van der Waals surface area contributed by atoms with E-state index in [1.54, 1.807) is 0 Å². The minimum absolute atomic E-state index is 0.0540. The molecule has 0 unspecified atom stereocenters. The van der Waals surface area contributed by atoms with Gasteiger partial charge in [0, 0.05) is 20.1 Å². The van der Waals surface area contributed by atoms with E-state index in [0.717, 1.165) is 0 Å². The number of halogens is 2. The third kappa shape index (κ3) is 8.42. The summed E-state index contributed by atoms with van der Waals surface area (Å²) in [5.74, 6) is -0.628. The fourth-order valence-corrected chi connectivity index (χ4v) is 3.89. The zero-order chi connectivity index (χ0) is 22.7. The molecule has 0 aliphatic rings. The largest absolute Gasteiger partial charge is 0.780 e. The third-order valence-electron chi connectivity index (χ3n) is 3.00. The number of phosphoric acid groups is 2. The Labute approximate surface area is 192 Å². The van der Waals surface area contributed by atoms with Crippen LogP contribution in [0.3, 0.4) is 0 Å². The van der Waals surface area contributed by atoms with Gasteiger partial charge < -0.3 is 43.5 Å². The molecule has 0 bridgehead atoms. The van der Waals surface area contributed by atoms with E-state index >= 15 is 0 Å². The SMILES string of the molecule is NC(=S)NN=C(c1cc(Br)cc(OP(=O)([O-])[O-])c1)c1cc(Br)cc(OP(=O)([O-])[O-])c1. The summed E-state index contributed by atoms with van der Waals surface area (Å²) in [5, 5.41) is 3.81. The summed E-state index contributed by atoms with van der Waals surface area (Å²) in [6.07, 6.45) is 0. The molecule has 2 rings (SSSR count). The average Bonchev–Trinajstić information content (AvgIpc) is 2.50. The van der Waals surface area contributed by atoms with Gasteiger partial charge in [-0.1, -0.05) is 31.9 Å². The number of nitrogens with two attached hydrogens (primary N) is 1. The van der Waals surface area contributed by atoms with Gasteiger partial charge in [-0.25, -0.2) is 0 Å². The maximum atomic E-state index is 11.0. The molecule has 11 nitrogen and oxygen atoms in total. The maximum absolute atomic E-state index is 11.0. The molecule has 2 aromatic carbocycles. The van der Waals surface area contributed by atoms with Gasteiger partial charge in [-0.2, -0.15) is 5.10 Å². The molecule has 0 radical (unpaired) electrons. The normalized spacial score (nSPS) is 11.5. The molecular weight excluding hydrogens is 592 g/mol. The minimum Gasteiger partial charge on any atom is -0.780 e. The fourth-order valence-electron chi connectivity index (χ4n) is 2.17. The monoisotopic (exact) mass is 599 g/mol. The second kappa shape index (κ2) is 9.86. The molecule has 0 aliphatic carbocycles. The third-order valence-corrected chi connectivity index (χ3v) is 4.88. The van der Waals surface area contributed by atoms with E-state index in [4.69, 9.17) is 18.0 Å². The Morgan fingerprint density at radius 3 is 1.63 bits per heavy atom. The van der Waals surface area contributed by atoms with E-state index in [1.165, 1.54) is 36.4 Å². The van der Waals surface area contributed by atoms with Crippen LogP contribution in [0.1, 0.15) is 11.1 Å². The Morgan fingerprint density at radius 1 is 0.900 bits per heavy atom. The lowest BCUT2D eigenvalue weighted by Gasteiger charge is -2.29. The molecule has 162 valence electrons. The fraction of sp³-hybridized carbons (Fsp3) is 0. The van der Waals surface area contributed by atoms with Crippen molar-refractivity contribution in [3.63, 3.8) is 0 Å². The first-order valence-electron chi connectivity index (χ1n) is 7.40. The Kier molecular flexibility index (Phi) is 8.19. The summed E-state index contributed by atoms with van der Waals surface area (Å²) in [4.78, 5) is 43.8. The van der Waals surface area contributed by atoms with Gasteiger partial charge in [0.05, 0.1) is 5.71 Å². The molecule has 2 aromatic rings. The molecule has 3 N–H and O–H groups in total. The summed E-state index contributed by atoms with van der Waals surface area (Å²) in [5.41, 5.74) is 8.19. The van der Waals surface area contributed by atoms with Gasteiger partial charge in [0.1, 0.15) is 27.1 Å². The zero-order valence-electron chi connectivity index (χ0n) is 14.3. The number of hydrogen-bond donors (Lipinski definition) is 2. The van der Waals surface area contributed by atoms with Gasteiger partial charge in [0.2, 0.25) is 0 Å². The quantitative estimate of drug-likeness (QED) is 0.191. The van der Waals surface area contributed by atoms with Crippen molar-refractivity contribution in [2.45, 2.75) is 0 Å². The van der Waals surface area contributed by atoms with Crippen molar-refractivity contribution in [1.29, 1.82) is 0 Å². The van der Waals surface area contributed by atoms with Crippen LogP contribution in [0.5, 0.6) is 11.5 Å². The molecule has 0 heterocycles. The molecule has 0 amide bonds. The smallest absolute Gasteiger partial charge is 0.184 e. The highest BCUT2D eigenvalue weighted by Gasteiger charge is 2.14. The Bertz CT molecular complexity index is 1030. The highest BCUT2D eigenvalue weighted by molar-refractivity contribution is 9.10. The molecule has 0 aliphatic heterocycles. The van der Waals surface area contributed by atoms with Gasteiger partial charge in [0.15, 0.2) is 5.11 Å². The van der Waals surface area contributed by atoms with Crippen molar-refractivity contribution in [1.82, 2.24) is 5.43 Å². The van der Waals surface area contributed by atoms with Crippen molar-refractivity contribution in [2.75, 3.05) is 0 Å². The number of rotatable bonds is 7. The van der Waals surface area contributed by atoms with Gasteiger partial charge in [-0.05, 0) is 48.6 Å². The number of benzene rings is 2. The van der Waals surface area contributed by atoms with E-state index in [1.807, 2.05) is 0 Å². The van der Waals surface area contributed by atoms with E-state index in [0.29, 0.717) is 8.95 Å². The second-order valence-corrected chi connectivity index (χ2v) is 9.79. The standard InChI is InChI=1S/C14H13Br2N3O8P2S/c15-9-1-7(3-11(5-9)26-28(20,21)22)13(18-19-14(17)30)8-2-10(16)6-12(4-8)27-29(23,24)25/h1-6H,(H3,17,19,30)(H2,20,21,22)(H2,23,24,25)/p-4. The number of thiocarbonyl (C=S) groups is 1. The summed E-state index contributed by atoms with van der Waals surface area (Å²) >= 11 is 11.0. The molecule has 0 fully saturated rings. The molecule has 0 aromatic heterocycles. The predicted octanol–water partition coefficient (Wildman–Crippen LogP) is 0.212. The van der Waals surface area contributed by atoms with Crippen LogP contribution in [0, 0.1) is 0 Å². The van der Waals surface area contributed by atoms with Crippen LogP contribution in [0.2, 0.25) is 0 Å². The van der Waals surface area contributed by atoms with E-state index in [-0.39, 0.29) is 33.5 Å². The Hall–Kier alpha value is -1.34. The highest BCUT2D eigenvalue weighted by Crippen LogP contribution is 2.35. The lowest BCUT2D eigenvalue weighted by molar-refractivity contribution is -0.335. The summed E-state index contributed by atoms with van der Waals surface area (Å²) in [6.45, 7) is 0. The van der Waals surface area contributed by atoms with Crippen LogP contribution in [0.4, 0.5) is 0 Å². The summed E-state index contributed by atoms with van der Waals surface area (Å²) in [7, 11) is -10.7. The molecule has 0 atom stereocenters. The van der Waals surface area contributed by atoms with Crippen LogP contribution < -0.4 is 39.8 Å². The van der Waals surface area contributed by atoms with Gasteiger partial charge in [0.25, 0.3) is 0 Å². The van der Waals surface area contributed by atoms with Crippen molar-refractivity contribution < 1.29 is 37.8 Å². The molecule has 0 saturated carbocycles. The first-order valence-corrected chi connectivity index (χ1v) is 12.3. The van der Waals surface area contributed by atoms with E-state index in [2.05, 4.69) is 51.4 Å². The number of nitrogens with zero attached hydrogens (tertiary/aromatic N) is 1. The van der Waals surface area contributed by atoms with Crippen molar-refractivity contribution in [2.24, 2.45) is 10.8 Å². The first-order chi connectivity index (χ1) is 13.7. The minimum atomic E-state index is -5.34. The molecule has 0 saturated heterocycles. The van der Waals surface area contributed by atoms with Crippen LogP contribution in [-0.2, 0) is 9.13 Å². The van der Waals surface area contributed by atoms with Crippen molar-refractivity contribution >= 4 is 70.5 Å². The van der Waals surface area contributed by atoms with Crippen molar-refractivity contribution in [3.8, 4) is 11.5 Å². The Morgan fingerprint density at radius 2 is 1.30 bits per heavy atom. The number of phosphoric ester groups is 2. The Balaban J connectivity index is 2.63. The van der Waals surface area contributed by atoms with E-state index in [9.17, 15) is 28.7 Å².